The van der Waals surface area contributed by atoms with Crippen LogP contribution < -0.4 is 5.73 Å². The highest BCUT2D eigenvalue weighted by atomic mass is 32.2. The van der Waals surface area contributed by atoms with Crippen molar-refractivity contribution in [1.29, 1.82) is 5.41 Å². The van der Waals surface area contributed by atoms with E-state index in [-0.39, 0.29) is 5.84 Å². The van der Waals surface area contributed by atoms with Crippen LogP contribution in [0.15, 0.2) is 9.37 Å². The average Bonchev–Trinajstić information content (AvgIpc) is 2.85. The fourth-order valence-corrected chi connectivity index (χ4v) is 3.42. The van der Waals surface area contributed by atoms with Crippen molar-refractivity contribution in [3.05, 3.63) is 17.1 Å². The minimum atomic E-state index is 0.0309. The topological polar surface area (TPSA) is 93.5 Å². The first kappa shape index (κ1) is 13.0. The Morgan fingerprint density at radius 2 is 2.28 bits per heavy atom. The van der Waals surface area contributed by atoms with Gasteiger partial charge in [0, 0.05) is 13.5 Å². The predicted octanol–water partition coefficient (Wildman–Crippen LogP) is 1.58. The van der Waals surface area contributed by atoms with Crippen LogP contribution in [0, 0.1) is 12.3 Å². The van der Waals surface area contributed by atoms with Gasteiger partial charge in [0.1, 0.15) is 16.7 Å². The van der Waals surface area contributed by atoms with Gasteiger partial charge in [0.25, 0.3) is 0 Å². The first-order valence-electron chi connectivity index (χ1n) is 5.41. The van der Waals surface area contributed by atoms with Crippen LogP contribution in [-0.4, -0.2) is 25.0 Å². The van der Waals surface area contributed by atoms with E-state index in [1.54, 1.807) is 4.68 Å². The van der Waals surface area contributed by atoms with Crippen molar-refractivity contribution in [2.24, 2.45) is 12.8 Å². The van der Waals surface area contributed by atoms with Crippen molar-refractivity contribution < 1.29 is 0 Å². The van der Waals surface area contributed by atoms with Crippen molar-refractivity contribution in [3.8, 4) is 0 Å². The zero-order chi connectivity index (χ0) is 13.3. The molecule has 0 spiro atoms. The molecule has 0 aliphatic rings. The number of aryl methyl sites for hydroxylation is 3. The Morgan fingerprint density at radius 3 is 2.83 bits per heavy atom. The van der Waals surface area contributed by atoms with Gasteiger partial charge >= 0.3 is 0 Å². The summed E-state index contributed by atoms with van der Waals surface area (Å²) in [7, 11) is 1.84. The molecule has 2 aromatic heterocycles. The van der Waals surface area contributed by atoms with Gasteiger partial charge < -0.3 is 5.73 Å². The standard InChI is InChI=1S/C10H14N6S2/c1-4-6-13-10(18-15-6)17-9-7(8(11)12)5(2)14-16(9)3/h4H2,1-3H3,(H3,11,12). The molecular formula is C10H14N6S2. The number of nitrogens with zero attached hydrogens (tertiary/aromatic N) is 4. The number of nitrogens with two attached hydrogens (primary N) is 1. The first-order valence-corrected chi connectivity index (χ1v) is 7.00. The highest BCUT2D eigenvalue weighted by Crippen LogP contribution is 2.32. The van der Waals surface area contributed by atoms with Crippen LogP contribution in [0.5, 0.6) is 0 Å². The molecule has 0 amide bonds. The van der Waals surface area contributed by atoms with E-state index < -0.39 is 0 Å². The molecule has 0 radical (unpaired) electrons. The molecule has 2 rings (SSSR count). The molecule has 0 saturated heterocycles. The van der Waals surface area contributed by atoms with Gasteiger partial charge in [0.05, 0.1) is 11.3 Å². The zero-order valence-electron chi connectivity index (χ0n) is 10.4. The number of rotatable bonds is 4. The minimum absolute atomic E-state index is 0.0309. The highest BCUT2D eigenvalue weighted by molar-refractivity contribution is 8.01. The molecule has 0 aliphatic heterocycles. The van der Waals surface area contributed by atoms with Gasteiger partial charge in [-0.1, -0.05) is 6.92 Å². The summed E-state index contributed by atoms with van der Waals surface area (Å²) < 4.78 is 6.81. The van der Waals surface area contributed by atoms with Crippen molar-refractivity contribution in [2.75, 3.05) is 0 Å². The Morgan fingerprint density at radius 1 is 1.56 bits per heavy atom. The van der Waals surface area contributed by atoms with E-state index in [9.17, 15) is 0 Å². The van der Waals surface area contributed by atoms with Crippen molar-refractivity contribution >= 4 is 29.1 Å². The molecule has 96 valence electrons. The molecule has 0 unspecified atom stereocenters. The lowest BCUT2D eigenvalue weighted by atomic mass is 10.2. The molecule has 0 atom stereocenters. The van der Waals surface area contributed by atoms with Gasteiger partial charge in [-0.25, -0.2) is 4.98 Å². The number of amidine groups is 1. The van der Waals surface area contributed by atoms with Crippen LogP contribution in [0.25, 0.3) is 0 Å². The van der Waals surface area contributed by atoms with E-state index in [0.29, 0.717) is 5.56 Å². The number of hydrogen-bond acceptors (Lipinski definition) is 6. The van der Waals surface area contributed by atoms with E-state index in [4.69, 9.17) is 11.1 Å². The molecular weight excluding hydrogens is 268 g/mol. The van der Waals surface area contributed by atoms with Crippen LogP contribution in [0.1, 0.15) is 24.0 Å². The Labute approximate surface area is 113 Å². The second kappa shape index (κ2) is 5.07. The van der Waals surface area contributed by atoms with Gasteiger partial charge in [-0.05, 0) is 30.2 Å². The second-order valence-corrected chi connectivity index (χ2v) is 5.72. The van der Waals surface area contributed by atoms with Gasteiger partial charge in [-0.2, -0.15) is 9.47 Å². The van der Waals surface area contributed by atoms with E-state index in [0.717, 1.165) is 27.3 Å². The smallest absolute Gasteiger partial charge is 0.176 e. The molecule has 2 aromatic rings. The maximum atomic E-state index is 7.62. The maximum Gasteiger partial charge on any atom is 0.176 e. The number of hydrogen-bond donors (Lipinski definition) is 2. The van der Waals surface area contributed by atoms with Crippen LogP contribution >= 0.6 is 23.3 Å². The molecule has 6 nitrogen and oxygen atoms in total. The number of nitrogen functional groups attached to an aromatic ring is 1. The Bertz CT molecular complexity index is 585. The van der Waals surface area contributed by atoms with Crippen LogP contribution in [-0.2, 0) is 13.5 Å². The summed E-state index contributed by atoms with van der Waals surface area (Å²) in [6, 6.07) is 0. The summed E-state index contributed by atoms with van der Waals surface area (Å²) in [6.07, 6.45) is 0.820. The first-order chi connectivity index (χ1) is 8.52. The Kier molecular flexibility index (Phi) is 3.67. The monoisotopic (exact) mass is 282 g/mol. The lowest BCUT2D eigenvalue weighted by molar-refractivity contribution is 0.691. The van der Waals surface area contributed by atoms with Gasteiger partial charge in [-0.3, -0.25) is 10.1 Å². The summed E-state index contributed by atoms with van der Waals surface area (Å²) in [6.45, 7) is 3.87. The molecule has 0 aliphatic carbocycles. The summed E-state index contributed by atoms with van der Waals surface area (Å²) in [5.74, 6) is 0.870. The molecule has 8 heteroatoms. The van der Waals surface area contributed by atoms with E-state index >= 15 is 0 Å². The summed E-state index contributed by atoms with van der Waals surface area (Å²) in [5.41, 5.74) is 7.03. The largest absolute Gasteiger partial charge is 0.384 e. The normalized spacial score (nSPS) is 10.8. The SMILES string of the molecule is CCc1nsc(Sc2c(C(=N)N)c(C)nn2C)n1. The minimum Gasteiger partial charge on any atom is -0.384 e. The zero-order valence-corrected chi connectivity index (χ0v) is 12.0. The number of aromatic nitrogens is 4. The van der Waals surface area contributed by atoms with Crippen LogP contribution in [0.2, 0.25) is 0 Å². The summed E-state index contributed by atoms with van der Waals surface area (Å²) >= 11 is 2.81. The highest BCUT2D eigenvalue weighted by Gasteiger charge is 2.18. The van der Waals surface area contributed by atoms with Gasteiger partial charge in [0.15, 0.2) is 4.34 Å². The van der Waals surface area contributed by atoms with Crippen molar-refractivity contribution in [3.63, 3.8) is 0 Å². The average molecular weight is 282 g/mol. The molecule has 0 fully saturated rings. The van der Waals surface area contributed by atoms with E-state index in [1.165, 1.54) is 23.3 Å². The fourth-order valence-electron chi connectivity index (χ4n) is 1.57. The molecule has 0 saturated carbocycles. The molecule has 3 N–H and O–H groups in total. The lowest BCUT2D eigenvalue weighted by Crippen LogP contribution is -2.13. The summed E-state index contributed by atoms with van der Waals surface area (Å²) in [4.78, 5) is 4.39. The predicted molar refractivity (Wildman–Crippen MR) is 72.4 cm³/mol. The van der Waals surface area contributed by atoms with Crippen molar-refractivity contribution in [1.82, 2.24) is 19.1 Å². The maximum absolute atomic E-state index is 7.62. The van der Waals surface area contributed by atoms with Gasteiger partial charge in [-0.15, -0.1) is 0 Å². The van der Waals surface area contributed by atoms with Crippen LogP contribution in [0.3, 0.4) is 0 Å². The molecule has 0 bridgehead atoms. The van der Waals surface area contributed by atoms with Gasteiger partial charge in [0.2, 0.25) is 0 Å². The van der Waals surface area contributed by atoms with Crippen molar-refractivity contribution in [2.45, 2.75) is 29.6 Å². The molecule has 2 heterocycles. The van der Waals surface area contributed by atoms with E-state index in [1.807, 2.05) is 20.9 Å². The quantitative estimate of drug-likeness (QED) is 0.656. The third kappa shape index (κ3) is 2.39. The molecule has 0 aromatic carbocycles. The third-order valence-electron chi connectivity index (χ3n) is 2.39. The van der Waals surface area contributed by atoms with E-state index in [2.05, 4.69) is 14.5 Å². The fraction of sp³-hybridized carbons (Fsp3) is 0.400. The summed E-state index contributed by atoms with van der Waals surface area (Å²) in [5, 5.41) is 12.7. The third-order valence-corrected chi connectivity index (χ3v) is 4.34. The lowest BCUT2D eigenvalue weighted by Gasteiger charge is -2.01. The Balaban J connectivity index is 2.36. The molecule has 18 heavy (non-hydrogen) atoms. The Hall–Kier alpha value is -1.41. The second-order valence-electron chi connectivity index (χ2n) is 3.73. The number of nitrogens with one attached hydrogen (secondary N) is 1. The van der Waals surface area contributed by atoms with Crippen LogP contribution in [0.4, 0.5) is 0 Å².